The van der Waals surface area contributed by atoms with Crippen LogP contribution >= 0.6 is 12.2 Å². The molecule has 0 amide bonds. The summed E-state index contributed by atoms with van der Waals surface area (Å²) in [5.41, 5.74) is 2.22. The number of benzene rings is 1. The first kappa shape index (κ1) is 8.26. The van der Waals surface area contributed by atoms with Gasteiger partial charge < -0.3 is 4.98 Å². The zero-order valence-corrected chi connectivity index (χ0v) is 8.14. The van der Waals surface area contributed by atoms with Crippen molar-refractivity contribution < 1.29 is 0 Å². The summed E-state index contributed by atoms with van der Waals surface area (Å²) in [6.45, 7) is 2.03. The molecule has 0 unspecified atom stereocenters. The number of imidazole rings is 1. The highest BCUT2D eigenvalue weighted by molar-refractivity contribution is 7.71. The Kier molecular flexibility index (Phi) is 2.02. The predicted octanol–water partition coefficient (Wildman–Crippen LogP) is 2.84. The van der Waals surface area contributed by atoms with Gasteiger partial charge in [-0.2, -0.15) is 0 Å². The van der Waals surface area contributed by atoms with Gasteiger partial charge in [0.15, 0.2) is 4.77 Å². The number of hydrogen-bond donors (Lipinski definition) is 1. The Morgan fingerprint density at radius 3 is 2.46 bits per heavy atom. The predicted molar refractivity (Wildman–Crippen MR) is 55.7 cm³/mol. The summed E-state index contributed by atoms with van der Waals surface area (Å²) >= 11 is 5.16. The van der Waals surface area contributed by atoms with Gasteiger partial charge in [0.25, 0.3) is 0 Å². The number of nitrogens with zero attached hydrogens (tertiary/aromatic N) is 1. The molecule has 3 heteroatoms. The van der Waals surface area contributed by atoms with E-state index >= 15 is 0 Å². The lowest BCUT2D eigenvalue weighted by atomic mass is 10.3. The molecule has 0 radical (unpaired) electrons. The minimum atomic E-state index is 0.740. The molecule has 1 heterocycles. The fraction of sp³-hybridized carbons (Fsp3) is 0.100. The Morgan fingerprint density at radius 1 is 1.23 bits per heavy atom. The second-order valence-corrected chi connectivity index (χ2v) is 3.29. The van der Waals surface area contributed by atoms with Crippen LogP contribution in [0.25, 0.3) is 5.69 Å². The molecule has 0 spiro atoms. The van der Waals surface area contributed by atoms with Gasteiger partial charge >= 0.3 is 0 Å². The molecule has 0 saturated carbocycles. The molecule has 0 aliphatic carbocycles. The Balaban J connectivity index is 2.65. The lowest BCUT2D eigenvalue weighted by Gasteiger charge is -2.03. The van der Waals surface area contributed by atoms with E-state index in [1.807, 2.05) is 48.0 Å². The zero-order chi connectivity index (χ0) is 9.26. The van der Waals surface area contributed by atoms with Crippen molar-refractivity contribution in [1.82, 2.24) is 9.55 Å². The van der Waals surface area contributed by atoms with Crippen LogP contribution in [0.2, 0.25) is 0 Å². The third-order valence-corrected chi connectivity index (χ3v) is 2.28. The molecular weight excluding hydrogens is 180 g/mol. The van der Waals surface area contributed by atoms with Crippen LogP contribution in [0.4, 0.5) is 0 Å². The fourth-order valence-corrected chi connectivity index (χ4v) is 1.66. The van der Waals surface area contributed by atoms with Crippen LogP contribution in [0.5, 0.6) is 0 Å². The van der Waals surface area contributed by atoms with E-state index in [0.717, 1.165) is 16.2 Å². The van der Waals surface area contributed by atoms with Crippen molar-refractivity contribution in [2.75, 3.05) is 0 Å². The van der Waals surface area contributed by atoms with Gasteiger partial charge in [0.05, 0.1) is 0 Å². The number of aromatic nitrogens is 2. The normalized spacial score (nSPS) is 10.2. The lowest BCUT2D eigenvalue weighted by Crippen LogP contribution is -1.95. The van der Waals surface area contributed by atoms with E-state index in [2.05, 4.69) is 4.98 Å². The lowest BCUT2D eigenvalue weighted by molar-refractivity contribution is 0.985. The zero-order valence-electron chi connectivity index (χ0n) is 7.32. The smallest absolute Gasteiger partial charge is 0.182 e. The second-order valence-electron chi connectivity index (χ2n) is 2.91. The van der Waals surface area contributed by atoms with E-state index in [0.29, 0.717) is 0 Å². The molecule has 0 aliphatic rings. The first-order valence-corrected chi connectivity index (χ1v) is 4.52. The molecule has 2 aromatic rings. The molecule has 2 rings (SSSR count). The van der Waals surface area contributed by atoms with Crippen LogP contribution in [0.1, 0.15) is 5.69 Å². The first-order chi connectivity index (χ1) is 6.29. The third kappa shape index (κ3) is 1.42. The highest BCUT2D eigenvalue weighted by Gasteiger charge is 1.99. The number of para-hydroxylation sites is 1. The van der Waals surface area contributed by atoms with Crippen molar-refractivity contribution in [3.05, 3.63) is 47.0 Å². The summed E-state index contributed by atoms with van der Waals surface area (Å²) in [6.07, 6.45) is 1.91. The van der Waals surface area contributed by atoms with Gasteiger partial charge in [0.2, 0.25) is 0 Å². The summed E-state index contributed by atoms with van der Waals surface area (Å²) in [5.74, 6) is 0. The molecule has 0 atom stereocenters. The number of hydrogen-bond acceptors (Lipinski definition) is 1. The minimum Gasteiger partial charge on any atom is -0.337 e. The quantitative estimate of drug-likeness (QED) is 0.686. The standard InChI is InChI=1S/C10H10N2S/c1-8-7-11-10(13)12(8)9-5-3-2-4-6-9/h2-7H,1H3,(H,11,13). The number of rotatable bonds is 1. The maximum atomic E-state index is 5.16. The maximum Gasteiger partial charge on any atom is 0.182 e. The van der Waals surface area contributed by atoms with Crippen LogP contribution < -0.4 is 0 Å². The molecule has 66 valence electrons. The van der Waals surface area contributed by atoms with Crippen molar-refractivity contribution in [3.8, 4) is 5.69 Å². The summed E-state index contributed by atoms with van der Waals surface area (Å²) in [7, 11) is 0. The van der Waals surface area contributed by atoms with Crippen LogP contribution in [-0.4, -0.2) is 9.55 Å². The Morgan fingerprint density at radius 2 is 1.92 bits per heavy atom. The van der Waals surface area contributed by atoms with Gasteiger partial charge in [-0.25, -0.2) is 0 Å². The van der Waals surface area contributed by atoms with Crippen LogP contribution in [0, 0.1) is 11.7 Å². The van der Waals surface area contributed by atoms with Gasteiger partial charge in [0, 0.05) is 17.6 Å². The number of H-pyrrole nitrogens is 1. The van der Waals surface area contributed by atoms with Gasteiger partial charge in [-0.05, 0) is 31.3 Å². The van der Waals surface area contributed by atoms with E-state index in [9.17, 15) is 0 Å². The average molecular weight is 190 g/mol. The topological polar surface area (TPSA) is 20.7 Å². The minimum absolute atomic E-state index is 0.740. The van der Waals surface area contributed by atoms with Crippen LogP contribution in [-0.2, 0) is 0 Å². The van der Waals surface area contributed by atoms with Gasteiger partial charge in [0.1, 0.15) is 0 Å². The van der Waals surface area contributed by atoms with Gasteiger partial charge in [-0.3, -0.25) is 4.57 Å². The molecule has 0 fully saturated rings. The monoisotopic (exact) mass is 190 g/mol. The SMILES string of the molecule is Cc1c[nH]c(=S)n1-c1ccccc1. The molecule has 0 bridgehead atoms. The van der Waals surface area contributed by atoms with Crippen molar-refractivity contribution in [2.45, 2.75) is 6.92 Å². The summed E-state index contributed by atoms with van der Waals surface area (Å²) in [4.78, 5) is 3.01. The molecule has 2 nitrogen and oxygen atoms in total. The summed E-state index contributed by atoms with van der Waals surface area (Å²) < 4.78 is 2.75. The molecule has 0 saturated heterocycles. The largest absolute Gasteiger partial charge is 0.337 e. The number of nitrogens with one attached hydrogen (secondary N) is 1. The fourth-order valence-electron chi connectivity index (χ4n) is 1.35. The van der Waals surface area contributed by atoms with Crippen molar-refractivity contribution in [1.29, 1.82) is 0 Å². The molecule has 0 aliphatic heterocycles. The van der Waals surface area contributed by atoms with Gasteiger partial charge in [-0.15, -0.1) is 0 Å². The Labute approximate surface area is 81.9 Å². The summed E-state index contributed by atoms with van der Waals surface area (Å²) in [5, 5.41) is 0. The van der Waals surface area contributed by atoms with Gasteiger partial charge in [-0.1, -0.05) is 18.2 Å². The molecule has 1 aromatic carbocycles. The average Bonchev–Trinajstić information content (AvgIpc) is 2.48. The van der Waals surface area contributed by atoms with Crippen molar-refractivity contribution in [3.63, 3.8) is 0 Å². The Bertz CT molecular complexity index is 453. The van der Waals surface area contributed by atoms with Crippen LogP contribution in [0.3, 0.4) is 0 Å². The number of aromatic amines is 1. The van der Waals surface area contributed by atoms with E-state index < -0.39 is 0 Å². The first-order valence-electron chi connectivity index (χ1n) is 4.11. The highest BCUT2D eigenvalue weighted by atomic mass is 32.1. The molecule has 1 aromatic heterocycles. The van der Waals surface area contributed by atoms with E-state index in [1.165, 1.54) is 0 Å². The molecule has 1 N–H and O–H groups in total. The van der Waals surface area contributed by atoms with Crippen molar-refractivity contribution >= 4 is 12.2 Å². The van der Waals surface area contributed by atoms with Crippen molar-refractivity contribution in [2.24, 2.45) is 0 Å². The molecule has 13 heavy (non-hydrogen) atoms. The second kappa shape index (κ2) is 3.18. The summed E-state index contributed by atoms with van der Waals surface area (Å²) in [6, 6.07) is 10.1. The van der Waals surface area contributed by atoms with E-state index in [1.54, 1.807) is 0 Å². The maximum absolute atomic E-state index is 5.16. The molecular formula is C10H10N2S. The highest BCUT2D eigenvalue weighted by Crippen LogP contribution is 2.10. The van der Waals surface area contributed by atoms with E-state index in [4.69, 9.17) is 12.2 Å². The van der Waals surface area contributed by atoms with E-state index in [-0.39, 0.29) is 0 Å². The van der Waals surface area contributed by atoms with Crippen LogP contribution in [0.15, 0.2) is 36.5 Å². The Hall–Kier alpha value is -1.35. The third-order valence-electron chi connectivity index (χ3n) is 1.97. The number of aryl methyl sites for hydroxylation is 1.